The first kappa shape index (κ1) is 14.6. The van der Waals surface area contributed by atoms with Gasteiger partial charge in [0.05, 0.1) is 6.10 Å². The summed E-state index contributed by atoms with van der Waals surface area (Å²) >= 11 is 0. The summed E-state index contributed by atoms with van der Waals surface area (Å²) in [6.07, 6.45) is -0.0124. The summed E-state index contributed by atoms with van der Waals surface area (Å²) in [6.45, 7) is 14.7. The zero-order chi connectivity index (χ0) is 13.4. The van der Waals surface area contributed by atoms with Gasteiger partial charge in [-0.15, -0.1) is 0 Å². The molecule has 0 aromatic carbocycles. The molecule has 0 bridgehead atoms. The Labute approximate surface area is 105 Å². The van der Waals surface area contributed by atoms with E-state index in [2.05, 4.69) is 40.4 Å². The van der Waals surface area contributed by atoms with Gasteiger partial charge in [0.1, 0.15) is 6.10 Å². The van der Waals surface area contributed by atoms with Gasteiger partial charge in [0.25, 0.3) is 0 Å². The lowest BCUT2D eigenvalue weighted by Gasteiger charge is -2.39. The van der Waals surface area contributed by atoms with Crippen LogP contribution >= 0.6 is 0 Å². The zero-order valence-electron chi connectivity index (χ0n) is 11.8. The van der Waals surface area contributed by atoms with Crippen molar-refractivity contribution >= 4 is 14.1 Å². The molecule has 0 aliphatic heterocycles. The molecule has 1 aliphatic carbocycles. The molecule has 2 atom stereocenters. The Balaban J connectivity index is 2.82. The van der Waals surface area contributed by atoms with E-state index in [-0.39, 0.29) is 23.0 Å². The molecule has 0 saturated heterocycles. The molecule has 0 heterocycles. The maximum Gasteiger partial charge on any atom is 0.192 e. The van der Waals surface area contributed by atoms with Crippen LogP contribution in [-0.2, 0) is 14.0 Å². The van der Waals surface area contributed by atoms with Crippen LogP contribution in [0.3, 0.4) is 0 Å². The topological polar surface area (TPSA) is 35.5 Å². The Bertz CT molecular complexity index is 328. The van der Waals surface area contributed by atoms with Gasteiger partial charge < -0.3 is 9.16 Å². The molecule has 98 valence electrons. The van der Waals surface area contributed by atoms with Crippen molar-refractivity contribution in [2.24, 2.45) is 0 Å². The fourth-order valence-corrected chi connectivity index (χ4v) is 3.07. The SMILES string of the molecule is C=C1C(=O)C[C@@H](O[Si](C)(C)C(C)(C)C)[C@H]1OC. The van der Waals surface area contributed by atoms with E-state index in [1.54, 1.807) is 7.11 Å². The summed E-state index contributed by atoms with van der Waals surface area (Å²) in [4.78, 5) is 11.6. The van der Waals surface area contributed by atoms with Crippen molar-refractivity contribution in [1.82, 2.24) is 0 Å². The molecular formula is C13H24O3Si. The molecule has 1 aliphatic rings. The lowest BCUT2D eigenvalue weighted by Crippen LogP contribution is -2.46. The molecule has 3 nitrogen and oxygen atoms in total. The number of carbonyl (C=O) groups is 1. The summed E-state index contributed by atoms with van der Waals surface area (Å²) in [7, 11) is -0.253. The van der Waals surface area contributed by atoms with Gasteiger partial charge in [0.15, 0.2) is 14.1 Å². The Hall–Kier alpha value is -0.453. The van der Waals surface area contributed by atoms with E-state index >= 15 is 0 Å². The van der Waals surface area contributed by atoms with Gasteiger partial charge in [-0.2, -0.15) is 0 Å². The molecule has 1 fully saturated rings. The lowest BCUT2D eigenvalue weighted by atomic mass is 10.2. The highest BCUT2D eigenvalue weighted by Crippen LogP contribution is 2.40. The van der Waals surface area contributed by atoms with Crippen molar-refractivity contribution in [1.29, 1.82) is 0 Å². The van der Waals surface area contributed by atoms with Gasteiger partial charge in [-0.3, -0.25) is 4.79 Å². The van der Waals surface area contributed by atoms with Gasteiger partial charge in [-0.25, -0.2) is 0 Å². The minimum atomic E-state index is -1.86. The first-order valence-corrected chi connectivity index (χ1v) is 8.93. The van der Waals surface area contributed by atoms with E-state index in [4.69, 9.17) is 9.16 Å². The van der Waals surface area contributed by atoms with Gasteiger partial charge in [0.2, 0.25) is 0 Å². The van der Waals surface area contributed by atoms with E-state index < -0.39 is 8.32 Å². The fraction of sp³-hybridized carbons (Fsp3) is 0.769. The van der Waals surface area contributed by atoms with Crippen LogP contribution in [-0.4, -0.2) is 33.4 Å². The lowest BCUT2D eigenvalue weighted by molar-refractivity contribution is -0.115. The van der Waals surface area contributed by atoms with E-state index in [0.717, 1.165) is 0 Å². The second kappa shape index (κ2) is 4.67. The predicted octanol–water partition coefficient (Wildman–Crippen LogP) is 2.92. The van der Waals surface area contributed by atoms with Crippen molar-refractivity contribution in [3.8, 4) is 0 Å². The number of rotatable bonds is 3. The summed E-state index contributed by atoms with van der Waals surface area (Å²) < 4.78 is 11.6. The van der Waals surface area contributed by atoms with Crippen LogP contribution in [0.4, 0.5) is 0 Å². The summed E-state index contributed by atoms with van der Waals surface area (Å²) in [5.74, 6) is 0.0700. The molecule has 0 N–H and O–H groups in total. The minimum absolute atomic E-state index is 0.0700. The van der Waals surface area contributed by atoms with Crippen molar-refractivity contribution in [2.75, 3.05) is 7.11 Å². The standard InChI is InChI=1S/C13H24O3Si/c1-9-10(14)8-11(12(9)15-5)16-17(6,7)13(2,3)4/h11-12H,1,8H2,2-7H3/t11-,12+/m1/s1. The number of Topliss-reactive ketones (excluding diaryl/α,β-unsaturated/α-hetero) is 1. The van der Waals surface area contributed by atoms with Crippen LogP contribution in [0.1, 0.15) is 27.2 Å². The molecule has 0 spiro atoms. The molecule has 4 heteroatoms. The minimum Gasteiger partial charge on any atom is -0.410 e. The molecular weight excluding hydrogens is 232 g/mol. The first-order chi connectivity index (χ1) is 7.60. The Kier molecular flexibility index (Phi) is 4.01. The van der Waals surface area contributed by atoms with Gasteiger partial charge >= 0.3 is 0 Å². The van der Waals surface area contributed by atoms with Crippen molar-refractivity contribution in [2.45, 2.75) is 57.5 Å². The number of ketones is 1. The molecule has 0 amide bonds. The van der Waals surface area contributed by atoms with Crippen molar-refractivity contribution in [3.05, 3.63) is 12.2 Å². The smallest absolute Gasteiger partial charge is 0.192 e. The Morgan fingerprint density at radius 1 is 1.35 bits per heavy atom. The summed E-state index contributed by atoms with van der Waals surface area (Å²) in [5, 5.41) is 0.137. The van der Waals surface area contributed by atoms with Crippen molar-refractivity contribution in [3.63, 3.8) is 0 Å². The van der Waals surface area contributed by atoms with Crippen LogP contribution in [0.5, 0.6) is 0 Å². The van der Waals surface area contributed by atoms with Crippen LogP contribution in [0.15, 0.2) is 12.2 Å². The van der Waals surface area contributed by atoms with Gasteiger partial charge in [-0.05, 0) is 18.1 Å². The Morgan fingerprint density at radius 3 is 2.29 bits per heavy atom. The maximum absolute atomic E-state index is 11.6. The van der Waals surface area contributed by atoms with E-state index in [1.807, 2.05) is 0 Å². The van der Waals surface area contributed by atoms with Crippen LogP contribution in [0.25, 0.3) is 0 Å². The molecule has 1 saturated carbocycles. The van der Waals surface area contributed by atoms with Crippen LogP contribution in [0.2, 0.25) is 18.1 Å². The second-order valence-electron chi connectivity index (χ2n) is 6.23. The number of methoxy groups -OCH3 is 1. The maximum atomic E-state index is 11.6. The van der Waals surface area contributed by atoms with E-state index in [9.17, 15) is 4.79 Å². The predicted molar refractivity (Wildman–Crippen MR) is 71.6 cm³/mol. The van der Waals surface area contributed by atoms with Crippen LogP contribution < -0.4 is 0 Å². The molecule has 17 heavy (non-hydrogen) atoms. The molecule has 0 aromatic rings. The Morgan fingerprint density at radius 2 is 1.88 bits per heavy atom. The van der Waals surface area contributed by atoms with Crippen LogP contribution in [0, 0.1) is 0 Å². The average Bonchev–Trinajstić information content (AvgIpc) is 2.39. The third-order valence-corrected chi connectivity index (χ3v) is 8.44. The molecule has 0 radical (unpaired) electrons. The van der Waals surface area contributed by atoms with E-state index in [1.165, 1.54) is 0 Å². The molecule has 1 rings (SSSR count). The van der Waals surface area contributed by atoms with Crippen molar-refractivity contribution < 1.29 is 14.0 Å². The number of carbonyl (C=O) groups excluding carboxylic acids is 1. The van der Waals surface area contributed by atoms with E-state index in [0.29, 0.717) is 12.0 Å². The largest absolute Gasteiger partial charge is 0.410 e. The highest BCUT2D eigenvalue weighted by Gasteiger charge is 2.45. The number of hydrogen-bond donors (Lipinski definition) is 0. The normalized spacial score (nSPS) is 26.7. The zero-order valence-corrected chi connectivity index (χ0v) is 12.8. The number of ether oxygens (including phenoxy) is 1. The average molecular weight is 256 g/mol. The second-order valence-corrected chi connectivity index (χ2v) is 11.0. The number of hydrogen-bond acceptors (Lipinski definition) is 3. The highest BCUT2D eigenvalue weighted by atomic mass is 28.4. The molecule has 0 aromatic heterocycles. The molecule has 0 unspecified atom stereocenters. The summed E-state index contributed by atoms with van der Waals surface area (Å²) in [5.41, 5.74) is 0.552. The summed E-state index contributed by atoms with van der Waals surface area (Å²) in [6, 6.07) is 0. The quantitative estimate of drug-likeness (QED) is 0.575. The van der Waals surface area contributed by atoms with Gasteiger partial charge in [0, 0.05) is 19.1 Å². The van der Waals surface area contributed by atoms with Gasteiger partial charge in [-0.1, -0.05) is 27.4 Å². The fourth-order valence-electron chi connectivity index (χ4n) is 1.76. The third kappa shape index (κ3) is 2.87. The highest BCUT2D eigenvalue weighted by molar-refractivity contribution is 6.74. The third-order valence-electron chi connectivity index (χ3n) is 3.93. The monoisotopic (exact) mass is 256 g/mol. The first-order valence-electron chi connectivity index (χ1n) is 6.03.